The summed E-state index contributed by atoms with van der Waals surface area (Å²) in [7, 11) is -1.65. The highest BCUT2D eigenvalue weighted by molar-refractivity contribution is 6.73. The third-order valence-corrected chi connectivity index (χ3v) is 10.8. The summed E-state index contributed by atoms with van der Waals surface area (Å²) in [4.78, 5) is 10.8. The van der Waals surface area contributed by atoms with Gasteiger partial charge in [-0.3, -0.25) is 4.79 Å². The van der Waals surface area contributed by atoms with Gasteiger partial charge in [0.25, 0.3) is 0 Å². The zero-order chi connectivity index (χ0) is 19.5. The first-order valence-electron chi connectivity index (χ1n) is 10.1. The van der Waals surface area contributed by atoms with Crippen LogP contribution in [0.1, 0.15) is 61.3 Å². The van der Waals surface area contributed by atoms with E-state index in [1.165, 1.54) is 30.6 Å². The van der Waals surface area contributed by atoms with Gasteiger partial charge in [0, 0.05) is 6.08 Å². The van der Waals surface area contributed by atoms with Crippen LogP contribution in [-0.4, -0.2) is 20.3 Å². The van der Waals surface area contributed by atoms with Crippen LogP contribution >= 0.6 is 0 Å². The number of nitrogens with two attached hydrogens (primary N) is 1. The number of hydrogen-bond donors (Lipinski definition) is 1. The molecular formula is C21H41NO2Si. The number of carbonyl (C=O) groups is 1. The molecular weight excluding hydrogens is 326 g/mol. The van der Waals surface area contributed by atoms with E-state index < -0.39 is 14.2 Å². The van der Waals surface area contributed by atoms with Crippen molar-refractivity contribution in [3.8, 4) is 0 Å². The van der Waals surface area contributed by atoms with Crippen LogP contribution in [0, 0.1) is 17.8 Å². The monoisotopic (exact) mass is 367 g/mol. The minimum Gasteiger partial charge on any atom is -0.413 e. The van der Waals surface area contributed by atoms with Crippen LogP contribution in [-0.2, 0) is 9.22 Å². The van der Waals surface area contributed by atoms with E-state index in [4.69, 9.17) is 10.2 Å². The molecule has 0 saturated carbocycles. The summed E-state index contributed by atoms with van der Waals surface area (Å²) in [5.41, 5.74) is 5.13. The normalized spacial score (nSPS) is 17.7. The van der Waals surface area contributed by atoms with Gasteiger partial charge < -0.3 is 10.2 Å². The zero-order valence-electron chi connectivity index (χ0n) is 17.5. The third-order valence-electron chi connectivity index (χ3n) is 6.17. The summed E-state index contributed by atoms with van der Waals surface area (Å²) in [5, 5.41) is 0. The van der Waals surface area contributed by atoms with E-state index in [1.807, 2.05) is 6.08 Å². The number of rotatable bonds is 13. The molecule has 3 nitrogen and oxygen atoms in total. The summed E-state index contributed by atoms with van der Waals surface area (Å²) in [5.74, 6) is 1.42. The highest BCUT2D eigenvalue weighted by Gasteiger charge is 2.35. The Morgan fingerprint density at radius 1 is 1.00 bits per heavy atom. The molecule has 0 rings (SSSR count). The molecule has 4 heteroatoms. The van der Waals surface area contributed by atoms with Crippen LogP contribution in [0.5, 0.6) is 0 Å². The summed E-state index contributed by atoms with van der Waals surface area (Å²) in [6, 6.07) is 3.52. The van der Waals surface area contributed by atoms with Gasteiger partial charge in [-0.25, -0.2) is 0 Å². The molecule has 146 valence electrons. The van der Waals surface area contributed by atoms with Crippen molar-refractivity contribution >= 4 is 14.2 Å². The lowest BCUT2D eigenvalue weighted by molar-refractivity contribution is -0.113. The molecule has 0 aliphatic carbocycles. The molecule has 1 amide bonds. The van der Waals surface area contributed by atoms with E-state index in [0.29, 0.717) is 17.8 Å². The largest absolute Gasteiger partial charge is 0.413 e. The van der Waals surface area contributed by atoms with E-state index in [0.717, 1.165) is 6.42 Å². The topological polar surface area (TPSA) is 52.3 Å². The Morgan fingerprint density at radius 2 is 1.56 bits per heavy atom. The number of carbonyl (C=O) groups excluding carboxylic acids is 1. The summed E-state index contributed by atoms with van der Waals surface area (Å²) >= 11 is 0. The van der Waals surface area contributed by atoms with Gasteiger partial charge in [-0.15, -0.1) is 0 Å². The SMILES string of the molecule is CC[C@H](C)[C@@H](C)[C@@H](C)[C@H](C/C=C/C=C\C(N)=O)O[Si](CC)(CC)CC. The standard InChI is InChI=1S/C21H41NO2Si/c1-8-17(5)18(6)19(7)20(15-13-12-14-16-21(22)23)24-25(9-2,10-3)11-4/h12-14,16-20H,8-11,15H2,1-7H3,(H2,22,23)/b13-12+,16-14-/t17-,18+,19+,20-/m0/s1. The fourth-order valence-electron chi connectivity index (χ4n) is 3.36. The predicted octanol–water partition coefficient (Wildman–Crippen LogP) is 5.68. The molecule has 0 aliphatic heterocycles. The van der Waals surface area contributed by atoms with Crippen molar-refractivity contribution < 1.29 is 9.22 Å². The maximum Gasteiger partial charge on any atom is 0.241 e. The Kier molecular flexibility index (Phi) is 12.0. The minimum absolute atomic E-state index is 0.244. The minimum atomic E-state index is -1.65. The Morgan fingerprint density at radius 3 is 2.00 bits per heavy atom. The third kappa shape index (κ3) is 8.37. The van der Waals surface area contributed by atoms with Gasteiger partial charge in [-0.05, 0) is 42.3 Å². The predicted molar refractivity (Wildman–Crippen MR) is 112 cm³/mol. The lowest BCUT2D eigenvalue weighted by Crippen LogP contribution is -2.43. The summed E-state index contributed by atoms with van der Waals surface area (Å²) in [6.45, 7) is 16.2. The molecule has 0 aromatic carbocycles. The average molecular weight is 368 g/mol. The second-order valence-electron chi connectivity index (χ2n) is 7.43. The van der Waals surface area contributed by atoms with Crippen LogP contribution in [0.25, 0.3) is 0 Å². The first kappa shape index (κ1) is 24.1. The maximum absolute atomic E-state index is 10.8. The van der Waals surface area contributed by atoms with Crippen LogP contribution in [0.4, 0.5) is 0 Å². The summed E-state index contributed by atoms with van der Waals surface area (Å²) < 4.78 is 6.86. The van der Waals surface area contributed by atoms with Crippen molar-refractivity contribution in [3.05, 3.63) is 24.3 Å². The Bertz CT molecular complexity index is 421. The molecule has 0 bridgehead atoms. The van der Waals surface area contributed by atoms with Crippen molar-refractivity contribution in [1.29, 1.82) is 0 Å². The van der Waals surface area contributed by atoms with E-state index in [9.17, 15) is 4.79 Å². The van der Waals surface area contributed by atoms with Gasteiger partial charge in [0.1, 0.15) is 0 Å². The smallest absolute Gasteiger partial charge is 0.241 e. The Balaban J connectivity index is 5.25. The molecule has 4 atom stereocenters. The fourth-order valence-corrected chi connectivity index (χ4v) is 6.31. The lowest BCUT2D eigenvalue weighted by atomic mass is 9.80. The molecule has 25 heavy (non-hydrogen) atoms. The molecule has 0 radical (unpaired) electrons. The molecule has 0 fully saturated rings. The first-order chi connectivity index (χ1) is 11.8. The van der Waals surface area contributed by atoms with E-state index in [-0.39, 0.29) is 6.10 Å². The van der Waals surface area contributed by atoms with E-state index >= 15 is 0 Å². The van der Waals surface area contributed by atoms with E-state index in [2.05, 4.69) is 54.5 Å². The number of primary amides is 1. The number of allylic oxidation sites excluding steroid dienone is 2. The van der Waals surface area contributed by atoms with Crippen molar-refractivity contribution in [2.45, 2.75) is 85.5 Å². The van der Waals surface area contributed by atoms with Gasteiger partial charge in [-0.2, -0.15) is 0 Å². The molecule has 0 aliphatic rings. The Labute approximate surface area is 157 Å². The zero-order valence-corrected chi connectivity index (χ0v) is 18.5. The molecule has 0 saturated heterocycles. The molecule has 0 aromatic heterocycles. The molecule has 0 heterocycles. The van der Waals surface area contributed by atoms with Crippen LogP contribution < -0.4 is 5.73 Å². The number of hydrogen-bond acceptors (Lipinski definition) is 2. The maximum atomic E-state index is 10.8. The molecule has 2 N–H and O–H groups in total. The highest BCUT2D eigenvalue weighted by Crippen LogP contribution is 2.33. The van der Waals surface area contributed by atoms with Gasteiger partial charge in [0.2, 0.25) is 5.91 Å². The molecule has 0 unspecified atom stereocenters. The van der Waals surface area contributed by atoms with Crippen molar-refractivity contribution in [1.82, 2.24) is 0 Å². The quantitative estimate of drug-likeness (QED) is 0.258. The van der Waals surface area contributed by atoms with Gasteiger partial charge >= 0.3 is 0 Å². The highest BCUT2D eigenvalue weighted by atomic mass is 28.4. The lowest BCUT2D eigenvalue weighted by Gasteiger charge is -2.39. The fraction of sp³-hybridized carbons (Fsp3) is 0.762. The van der Waals surface area contributed by atoms with Gasteiger partial charge in [0.15, 0.2) is 8.32 Å². The molecule has 0 aromatic rings. The van der Waals surface area contributed by atoms with Crippen molar-refractivity contribution in [2.24, 2.45) is 23.5 Å². The van der Waals surface area contributed by atoms with E-state index in [1.54, 1.807) is 6.08 Å². The van der Waals surface area contributed by atoms with Crippen LogP contribution in [0.3, 0.4) is 0 Å². The Hall–Kier alpha value is -0.873. The first-order valence-corrected chi connectivity index (χ1v) is 12.6. The van der Waals surface area contributed by atoms with Crippen LogP contribution in [0.2, 0.25) is 18.1 Å². The second-order valence-corrected chi connectivity index (χ2v) is 12.2. The van der Waals surface area contributed by atoms with Gasteiger partial charge in [0.05, 0.1) is 6.10 Å². The number of amides is 1. The van der Waals surface area contributed by atoms with Crippen LogP contribution in [0.15, 0.2) is 24.3 Å². The van der Waals surface area contributed by atoms with Crippen molar-refractivity contribution in [3.63, 3.8) is 0 Å². The molecule has 0 spiro atoms. The second kappa shape index (κ2) is 12.5. The summed E-state index contributed by atoms with van der Waals surface area (Å²) in [6.07, 6.45) is 9.47. The average Bonchev–Trinajstić information content (AvgIpc) is 2.62. The van der Waals surface area contributed by atoms with Crippen molar-refractivity contribution in [2.75, 3.05) is 0 Å². The van der Waals surface area contributed by atoms with Gasteiger partial charge in [-0.1, -0.05) is 73.1 Å².